The quantitative estimate of drug-likeness (QED) is 0.546. The molecule has 0 aliphatic rings. The Hall–Kier alpha value is -1.64. The lowest BCUT2D eigenvalue weighted by molar-refractivity contribution is -0.136. The third kappa shape index (κ3) is 2.42. The van der Waals surface area contributed by atoms with Gasteiger partial charge in [-0.25, -0.2) is 9.18 Å². The Balaban J connectivity index is 2.89. The van der Waals surface area contributed by atoms with Gasteiger partial charge in [0.1, 0.15) is 6.33 Å². The molecule has 0 aliphatic carbocycles. The topological polar surface area (TPSA) is 26.3 Å². The molecule has 0 spiro atoms. The van der Waals surface area contributed by atoms with Gasteiger partial charge in [-0.2, -0.15) is 0 Å². The summed E-state index contributed by atoms with van der Waals surface area (Å²) < 4.78 is 17.2. The standard InChI is InChI=1S/C11H11FO2/c1-2-14-11(13)10(8-12)9-6-4-3-5-7-9/h3-8H,2H2,1H3/b10-8-. The lowest BCUT2D eigenvalue weighted by Crippen LogP contribution is -2.06. The van der Waals surface area contributed by atoms with Crippen molar-refractivity contribution in [1.82, 2.24) is 0 Å². The molecule has 0 saturated carbocycles. The number of hydrogen-bond acceptors (Lipinski definition) is 2. The molecule has 0 N–H and O–H groups in total. The minimum Gasteiger partial charge on any atom is -0.462 e. The van der Waals surface area contributed by atoms with Crippen molar-refractivity contribution in [3.05, 3.63) is 42.2 Å². The number of carbonyl (C=O) groups is 1. The second-order valence-electron chi connectivity index (χ2n) is 2.61. The Bertz CT molecular complexity index is 330. The summed E-state index contributed by atoms with van der Waals surface area (Å²) in [5, 5.41) is 0. The summed E-state index contributed by atoms with van der Waals surface area (Å²) in [6.07, 6.45) is 0.271. The molecule has 1 rings (SSSR count). The van der Waals surface area contributed by atoms with Crippen LogP contribution in [0.3, 0.4) is 0 Å². The third-order valence-corrected chi connectivity index (χ3v) is 1.69. The fourth-order valence-corrected chi connectivity index (χ4v) is 1.05. The van der Waals surface area contributed by atoms with Gasteiger partial charge in [0, 0.05) is 0 Å². The van der Waals surface area contributed by atoms with E-state index >= 15 is 0 Å². The molecule has 0 saturated heterocycles. The van der Waals surface area contributed by atoms with Crippen LogP contribution in [0.5, 0.6) is 0 Å². The van der Waals surface area contributed by atoms with E-state index in [-0.39, 0.29) is 18.5 Å². The average molecular weight is 194 g/mol. The molecule has 2 nitrogen and oxygen atoms in total. The van der Waals surface area contributed by atoms with Crippen LogP contribution >= 0.6 is 0 Å². The number of carbonyl (C=O) groups excluding carboxylic acids is 1. The van der Waals surface area contributed by atoms with Gasteiger partial charge in [-0.05, 0) is 12.5 Å². The summed E-state index contributed by atoms with van der Waals surface area (Å²) in [5.74, 6) is -0.638. The van der Waals surface area contributed by atoms with E-state index in [9.17, 15) is 9.18 Å². The number of benzene rings is 1. The number of hydrogen-bond donors (Lipinski definition) is 0. The first kappa shape index (κ1) is 10.4. The van der Waals surface area contributed by atoms with Crippen LogP contribution in [0.1, 0.15) is 12.5 Å². The smallest absolute Gasteiger partial charge is 0.341 e. The highest BCUT2D eigenvalue weighted by atomic mass is 19.1. The molecular formula is C11H11FO2. The van der Waals surface area contributed by atoms with Crippen molar-refractivity contribution in [2.45, 2.75) is 6.92 Å². The van der Waals surface area contributed by atoms with Crippen LogP contribution in [-0.4, -0.2) is 12.6 Å². The number of rotatable bonds is 3. The van der Waals surface area contributed by atoms with Crippen molar-refractivity contribution in [2.24, 2.45) is 0 Å². The largest absolute Gasteiger partial charge is 0.462 e. The molecule has 74 valence electrons. The van der Waals surface area contributed by atoms with E-state index in [1.165, 1.54) is 0 Å². The Kier molecular flexibility index (Phi) is 3.85. The van der Waals surface area contributed by atoms with E-state index in [4.69, 9.17) is 4.74 Å². The molecule has 0 unspecified atom stereocenters. The van der Waals surface area contributed by atoms with Gasteiger partial charge < -0.3 is 4.74 Å². The van der Waals surface area contributed by atoms with Crippen LogP contribution in [-0.2, 0) is 9.53 Å². The first-order chi connectivity index (χ1) is 6.79. The normalized spacial score (nSPS) is 11.1. The molecule has 14 heavy (non-hydrogen) atoms. The minimum absolute atomic E-state index is 0.0487. The lowest BCUT2D eigenvalue weighted by Gasteiger charge is -2.04. The maximum absolute atomic E-state index is 12.5. The van der Waals surface area contributed by atoms with Gasteiger partial charge >= 0.3 is 5.97 Å². The van der Waals surface area contributed by atoms with Crippen LogP contribution in [0.4, 0.5) is 4.39 Å². The van der Waals surface area contributed by atoms with Crippen LogP contribution in [0.15, 0.2) is 36.7 Å². The Morgan fingerprint density at radius 1 is 1.43 bits per heavy atom. The van der Waals surface area contributed by atoms with Gasteiger partial charge in [-0.3, -0.25) is 0 Å². The number of ether oxygens (including phenoxy) is 1. The maximum Gasteiger partial charge on any atom is 0.341 e. The molecule has 0 aliphatic heterocycles. The Labute approximate surface area is 82.0 Å². The highest BCUT2D eigenvalue weighted by molar-refractivity contribution is 6.16. The zero-order valence-electron chi connectivity index (χ0n) is 7.87. The highest BCUT2D eigenvalue weighted by Gasteiger charge is 2.12. The summed E-state index contributed by atoms with van der Waals surface area (Å²) in [7, 11) is 0. The molecule has 0 radical (unpaired) electrons. The minimum atomic E-state index is -0.638. The molecule has 1 aromatic rings. The molecule has 0 amide bonds. The van der Waals surface area contributed by atoms with Gasteiger partial charge in [0.15, 0.2) is 0 Å². The molecule has 0 bridgehead atoms. The van der Waals surface area contributed by atoms with E-state index < -0.39 is 5.97 Å². The van der Waals surface area contributed by atoms with E-state index in [1.807, 2.05) is 0 Å². The third-order valence-electron chi connectivity index (χ3n) is 1.69. The predicted octanol–water partition coefficient (Wildman–Crippen LogP) is 2.56. The molecule has 3 heteroatoms. The molecule has 0 fully saturated rings. The number of halogens is 1. The summed E-state index contributed by atoms with van der Waals surface area (Å²) >= 11 is 0. The first-order valence-electron chi connectivity index (χ1n) is 4.32. The van der Waals surface area contributed by atoms with Crippen molar-refractivity contribution < 1.29 is 13.9 Å². The first-order valence-corrected chi connectivity index (χ1v) is 4.32. The van der Waals surface area contributed by atoms with Gasteiger partial charge in [-0.1, -0.05) is 30.3 Å². The second kappa shape index (κ2) is 5.17. The van der Waals surface area contributed by atoms with Crippen LogP contribution in [0.25, 0.3) is 5.57 Å². The Morgan fingerprint density at radius 2 is 2.07 bits per heavy atom. The van der Waals surface area contributed by atoms with Crippen LogP contribution < -0.4 is 0 Å². The van der Waals surface area contributed by atoms with Crippen molar-refractivity contribution in [3.8, 4) is 0 Å². The van der Waals surface area contributed by atoms with E-state index in [2.05, 4.69) is 0 Å². The zero-order chi connectivity index (χ0) is 10.4. The summed E-state index contributed by atoms with van der Waals surface area (Å²) in [6.45, 7) is 1.92. The molecule has 0 atom stereocenters. The SMILES string of the molecule is CCOC(=O)/C(=C\F)c1ccccc1. The zero-order valence-corrected chi connectivity index (χ0v) is 7.87. The second-order valence-corrected chi connectivity index (χ2v) is 2.61. The van der Waals surface area contributed by atoms with Gasteiger partial charge in [0.25, 0.3) is 0 Å². The summed E-state index contributed by atoms with van der Waals surface area (Å²) in [6, 6.07) is 8.57. The fourth-order valence-electron chi connectivity index (χ4n) is 1.05. The van der Waals surface area contributed by atoms with Crippen molar-refractivity contribution in [3.63, 3.8) is 0 Å². The fraction of sp³-hybridized carbons (Fsp3) is 0.182. The van der Waals surface area contributed by atoms with E-state index in [0.29, 0.717) is 5.56 Å². The van der Waals surface area contributed by atoms with Crippen LogP contribution in [0, 0.1) is 0 Å². The predicted molar refractivity (Wildman–Crippen MR) is 52.2 cm³/mol. The van der Waals surface area contributed by atoms with Crippen molar-refractivity contribution in [1.29, 1.82) is 0 Å². The molecule has 0 aromatic heterocycles. The van der Waals surface area contributed by atoms with Gasteiger partial charge in [0.05, 0.1) is 12.2 Å². The lowest BCUT2D eigenvalue weighted by atomic mass is 10.1. The highest BCUT2D eigenvalue weighted by Crippen LogP contribution is 2.15. The maximum atomic E-state index is 12.5. The van der Waals surface area contributed by atoms with E-state index in [0.717, 1.165) is 0 Å². The molecule has 1 aromatic carbocycles. The average Bonchev–Trinajstić information content (AvgIpc) is 2.21. The van der Waals surface area contributed by atoms with Gasteiger partial charge in [-0.15, -0.1) is 0 Å². The number of esters is 1. The molecular weight excluding hydrogens is 183 g/mol. The van der Waals surface area contributed by atoms with Crippen molar-refractivity contribution >= 4 is 11.5 Å². The summed E-state index contributed by atoms with van der Waals surface area (Å²) in [4.78, 5) is 11.2. The van der Waals surface area contributed by atoms with Crippen molar-refractivity contribution in [2.75, 3.05) is 6.61 Å². The molecule has 0 heterocycles. The monoisotopic (exact) mass is 194 g/mol. The Morgan fingerprint density at radius 3 is 2.57 bits per heavy atom. The van der Waals surface area contributed by atoms with Crippen LogP contribution in [0.2, 0.25) is 0 Å². The van der Waals surface area contributed by atoms with E-state index in [1.54, 1.807) is 37.3 Å². The van der Waals surface area contributed by atoms with Gasteiger partial charge in [0.2, 0.25) is 0 Å². The summed E-state index contributed by atoms with van der Waals surface area (Å²) in [5.41, 5.74) is 0.473.